The van der Waals surface area contributed by atoms with Crippen molar-refractivity contribution in [1.82, 2.24) is 9.97 Å². The molecule has 3 aromatic rings. The van der Waals surface area contributed by atoms with Gasteiger partial charge in [0.15, 0.2) is 0 Å². The van der Waals surface area contributed by atoms with Crippen molar-refractivity contribution in [3.05, 3.63) is 66.4 Å². The van der Waals surface area contributed by atoms with Gasteiger partial charge in [-0.3, -0.25) is 4.79 Å². The summed E-state index contributed by atoms with van der Waals surface area (Å²) in [4.78, 5) is 19.9. The van der Waals surface area contributed by atoms with Gasteiger partial charge in [0.05, 0.1) is 7.11 Å². The Hall–Kier alpha value is -3.61. The van der Waals surface area contributed by atoms with E-state index in [9.17, 15) is 4.79 Å². The summed E-state index contributed by atoms with van der Waals surface area (Å²) in [6.45, 7) is 2.11. The van der Waals surface area contributed by atoms with E-state index in [2.05, 4.69) is 25.9 Å². The van der Waals surface area contributed by atoms with Crippen LogP contribution in [-0.4, -0.2) is 23.0 Å². The second-order valence-electron chi connectivity index (χ2n) is 5.85. The van der Waals surface area contributed by atoms with Gasteiger partial charge >= 0.3 is 0 Å². The number of rotatable bonds is 7. The van der Waals surface area contributed by atoms with E-state index in [0.29, 0.717) is 24.0 Å². The van der Waals surface area contributed by atoms with Crippen LogP contribution in [0.15, 0.2) is 60.8 Å². The number of anilines is 4. The van der Waals surface area contributed by atoms with Gasteiger partial charge in [0.2, 0.25) is 11.9 Å². The molecule has 0 aliphatic heterocycles. The second-order valence-corrected chi connectivity index (χ2v) is 5.85. The second kappa shape index (κ2) is 8.66. The van der Waals surface area contributed by atoms with Gasteiger partial charge in [0, 0.05) is 31.0 Å². The smallest absolute Gasteiger partial charge is 0.229 e. The zero-order chi connectivity index (χ0) is 19.1. The molecule has 0 aliphatic carbocycles. The van der Waals surface area contributed by atoms with Gasteiger partial charge in [0.1, 0.15) is 11.6 Å². The fraction of sp³-hybridized carbons (Fsp3) is 0.150. The van der Waals surface area contributed by atoms with Crippen molar-refractivity contribution < 1.29 is 9.53 Å². The van der Waals surface area contributed by atoms with E-state index in [4.69, 9.17) is 4.74 Å². The Balaban J connectivity index is 1.63. The predicted molar refractivity (Wildman–Crippen MR) is 106 cm³/mol. The fourth-order valence-corrected chi connectivity index (χ4v) is 2.46. The Labute approximate surface area is 157 Å². The standard InChI is InChI=1S/C20H21N5O2/c1-14(26)23-16-4-3-5-17(12-16)24-20-21-11-10-19(25-20)22-13-15-6-8-18(27-2)9-7-15/h3-12H,13H2,1-2H3,(H,23,26)(H2,21,22,24,25). The molecule has 0 fully saturated rings. The Morgan fingerprint density at radius 2 is 1.85 bits per heavy atom. The Bertz CT molecular complexity index is 912. The molecule has 0 unspecified atom stereocenters. The molecule has 0 bridgehead atoms. The molecule has 27 heavy (non-hydrogen) atoms. The number of carbonyl (C=O) groups excluding carboxylic acids is 1. The van der Waals surface area contributed by atoms with E-state index in [0.717, 1.165) is 17.0 Å². The molecule has 0 aliphatic rings. The number of amides is 1. The number of nitrogens with one attached hydrogen (secondary N) is 3. The molecule has 1 aromatic heterocycles. The third-order valence-corrected chi connectivity index (χ3v) is 3.73. The van der Waals surface area contributed by atoms with E-state index >= 15 is 0 Å². The maximum absolute atomic E-state index is 11.2. The van der Waals surface area contributed by atoms with Crippen LogP contribution in [0.4, 0.5) is 23.1 Å². The lowest BCUT2D eigenvalue weighted by atomic mass is 10.2. The van der Waals surface area contributed by atoms with Crippen molar-refractivity contribution >= 4 is 29.0 Å². The average molecular weight is 363 g/mol. The Kier molecular flexibility index (Phi) is 5.84. The number of methoxy groups -OCH3 is 1. The number of aromatic nitrogens is 2. The van der Waals surface area contributed by atoms with Crippen molar-refractivity contribution in [3.8, 4) is 5.75 Å². The largest absolute Gasteiger partial charge is 0.497 e. The number of nitrogens with zero attached hydrogens (tertiary/aromatic N) is 2. The van der Waals surface area contributed by atoms with Crippen LogP contribution >= 0.6 is 0 Å². The maximum Gasteiger partial charge on any atom is 0.229 e. The van der Waals surface area contributed by atoms with Gasteiger partial charge in [0.25, 0.3) is 0 Å². The highest BCUT2D eigenvalue weighted by molar-refractivity contribution is 5.89. The molecule has 3 N–H and O–H groups in total. The first-order valence-corrected chi connectivity index (χ1v) is 8.47. The van der Waals surface area contributed by atoms with Crippen LogP contribution in [-0.2, 0) is 11.3 Å². The third kappa shape index (κ3) is 5.43. The van der Waals surface area contributed by atoms with E-state index in [1.165, 1.54) is 6.92 Å². The summed E-state index contributed by atoms with van der Waals surface area (Å²) in [6, 6.07) is 17.0. The van der Waals surface area contributed by atoms with Crippen LogP contribution in [0.1, 0.15) is 12.5 Å². The third-order valence-electron chi connectivity index (χ3n) is 3.73. The van der Waals surface area contributed by atoms with Crippen molar-refractivity contribution in [1.29, 1.82) is 0 Å². The lowest BCUT2D eigenvalue weighted by molar-refractivity contribution is -0.114. The quantitative estimate of drug-likeness (QED) is 0.592. The molecule has 0 spiro atoms. The predicted octanol–water partition coefficient (Wildman–Crippen LogP) is 3.80. The first-order chi connectivity index (χ1) is 13.1. The van der Waals surface area contributed by atoms with Crippen molar-refractivity contribution in [2.45, 2.75) is 13.5 Å². The lowest BCUT2D eigenvalue weighted by Crippen LogP contribution is -2.06. The van der Waals surface area contributed by atoms with Gasteiger partial charge in [-0.15, -0.1) is 0 Å². The minimum atomic E-state index is -0.117. The highest BCUT2D eigenvalue weighted by atomic mass is 16.5. The average Bonchev–Trinajstić information content (AvgIpc) is 2.67. The topological polar surface area (TPSA) is 88.2 Å². The first-order valence-electron chi connectivity index (χ1n) is 8.47. The molecule has 0 saturated carbocycles. The SMILES string of the molecule is COc1ccc(CNc2ccnc(Nc3cccc(NC(C)=O)c3)n2)cc1. The zero-order valence-electron chi connectivity index (χ0n) is 15.2. The van der Waals surface area contributed by atoms with E-state index in [1.54, 1.807) is 13.3 Å². The molecule has 3 rings (SSSR count). The molecule has 2 aromatic carbocycles. The molecule has 7 nitrogen and oxygen atoms in total. The minimum Gasteiger partial charge on any atom is -0.497 e. The van der Waals surface area contributed by atoms with Gasteiger partial charge in [-0.05, 0) is 42.0 Å². The monoisotopic (exact) mass is 363 g/mol. The van der Waals surface area contributed by atoms with Gasteiger partial charge in [-0.1, -0.05) is 18.2 Å². The Morgan fingerprint density at radius 1 is 1.07 bits per heavy atom. The molecule has 1 amide bonds. The number of hydrogen-bond donors (Lipinski definition) is 3. The maximum atomic E-state index is 11.2. The van der Waals surface area contributed by atoms with Crippen LogP contribution in [0.5, 0.6) is 5.75 Å². The fourth-order valence-electron chi connectivity index (χ4n) is 2.46. The highest BCUT2D eigenvalue weighted by Crippen LogP contribution is 2.19. The molecule has 0 radical (unpaired) electrons. The molecular weight excluding hydrogens is 342 g/mol. The van der Waals surface area contributed by atoms with Crippen molar-refractivity contribution in [3.63, 3.8) is 0 Å². The summed E-state index contributed by atoms with van der Waals surface area (Å²) < 4.78 is 5.16. The van der Waals surface area contributed by atoms with Crippen LogP contribution in [0, 0.1) is 0 Å². The summed E-state index contributed by atoms with van der Waals surface area (Å²) in [5.41, 5.74) is 2.61. The van der Waals surface area contributed by atoms with Crippen LogP contribution in [0.2, 0.25) is 0 Å². The highest BCUT2D eigenvalue weighted by Gasteiger charge is 2.03. The van der Waals surface area contributed by atoms with E-state index in [1.807, 2.05) is 54.6 Å². The van der Waals surface area contributed by atoms with Gasteiger partial charge in [-0.25, -0.2) is 4.98 Å². The van der Waals surface area contributed by atoms with Crippen LogP contribution in [0.25, 0.3) is 0 Å². The van der Waals surface area contributed by atoms with Gasteiger partial charge in [-0.2, -0.15) is 4.98 Å². The zero-order valence-corrected chi connectivity index (χ0v) is 15.2. The molecule has 0 atom stereocenters. The van der Waals surface area contributed by atoms with Gasteiger partial charge < -0.3 is 20.7 Å². The summed E-state index contributed by atoms with van der Waals surface area (Å²) in [5.74, 6) is 1.89. The Morgan fingerprint density at radius 3 is 2.59 bits per heavy atom. The van der Waals surface area contributed by atoms with Crippen molar-refractivity contribution in [2.75, 3.05) is 23.1 Å². The summed E-state index contributed by atoms with van der Waals surface area (Å²) >= 11 is 0. The lowest BCUT2D eigenvalue weighted by Gasteiger charge is -2.10. The number of benzene rings is 2. The molecule has 7 heteroatoms. The minimum absolute atomic E-state index is 0.117. The van der Waals surface area contributed by atoms with E-state index < -0.39 is 0 Å². The molecule has 0 saturated heterocycles. The normalized spacial score (nSPS) is 10.1. The van der Waals surface area contributed by atoms with E-state index in [-0.39, 0.29) is 5.91 Å². The number of hydrogen-bond acceptors (Lipinski definition) is 6. The molecule has 1 heterocycles. The first kappa shape index (κ1) is 18.2. The van der Waals surface area contributed by atoms with Crippen LogP contribution < -0.4 is 20.7 Å². The summed E-state index contributed by atoms with van der Waals surface area (Å²) in [5, 5.41) is 9.16. The van der Waals surface area contributed by atoms with Crippen LogP contribution in [0.3, 0.4) is 0 Å². The number of carbonyl (C=O) groups is 1. The summed E-state index contributed by atoms with van der Waals surface area (Å²) in [6.07, 6.45) is 1.68. The molecule has 138 valence electrons. The number of ether oxygens (including phenoxy) is 1. The summed E-state index contributed by atoms with van der Waals surface area (Å²) in [7, 11) is 1.65. The van der Waals surface area contributed by atoms with Crippen molar-refractivity contribution in [2.24, 2.45) is 0 Å². The molecular formula is C20H21N5O2.